The zero-order valence-corrected chi connectivity index (χ0v) is 13.6. The van der Waals surface area contributed by atoms with Crippen LogP contribution in [-0.4, -0.2) is 58.2 Å². The van der Waals surface area contributed by atoms with Crippen molar-refractivity contribution in [3.8, 4) is 0 Å². The number of aliphatic imine (C=N–C) groups is 1. The summed E-state index contributed by atoms with van der Waals surface area (Å²) in [6, 6.07) is 0. The van der Waals surface area contributed by atoms with Gasteiger partial charge in [0.15, 0.2) is 15.8 Å². The third-order valence-corrected chi connectivity index (χ3v) is 5.71. The molecule has 7 heteroatoms. The van der Waals surface area contributed by atoms with Crippen LogP contribution in [-0.2, 0) is 14.6 Å². The number of rotatable bonds is 6. The van der Waals surface area contributed by atoms with Gasteiger partial charge in [-0.1, -0.05) is 6.92 Å². The topological polar surface area (TPSA) is 79.8 Å². The van der Waals surface area contributed by atoms with Crippen molar-refractivity contribution in [1.82, 2.24) is 10.6 Å². The van der Waals surface area contributed by atoms with E-state index in [1.165, 1.54) is 6.26 Å². The molecule has 2 N–H and O–H groups in total. The number of sulfone groups is 1. The van der Waals surface area contributed by atoms with Crippen LogP contribution in [0.3, 0.4) is 0 Å². The minimum Gasteiger partial charge on any atom is -0.381 e. The second kappa shape index (κ2) is 7.83. The van der Waals surface area contributed by atoms with Crippen LogP contribution in [0.1, 0.15) is 33.1 Å². The minimum atomic E-state index is -3.16. The van der Waals surface area contributed by atoms with Crippen LogP contribution in [0.5, 0.6) is 0 Å². The summed E-state index contributed by atoms with van der Waals surface area (Å²) < 4.78 is 28.8. The molecule has 20 heavy (non-hydrogen) atoms. The van der Waals surface area contributed by atoms with Gasteiger partial charge in [-0.05, 0) is 26.2 Å². The van der Waals surface area contributed by atoms with E-state index in [9.17, 15) is 8.42 Å². The Balaban J connectivity index is 2.82. The fourth-order valence-electron chi connectivity index (χ4n) is 2.20. The molecule has 1 fully saturated rings. The van der Waals surface area contributed by atoms with Gasteiger partial charge in [-0.3, -0.25) is 4.99 Å². The van der Waals surface area contributed by atoms with Gasteiger partial charge in [0, 0.05) is 32.6 Å². The molecular weight excluding hydrogens is 278 g/mol. The Morgan fingerprint density at radius 2 is 1.90 bits per heavy atom. The SMILES string of the molecule is CCCNC(=NCC1(S(C)(=O)=O)CCOCC1)NCC. The van der Waals surface area contributed by atoms with Gasteiger partial charge in [0.05, 0.1) is 11.3 Å². The largest absolute Gasteiger partial charge is 0.381 e. The van der Waals surface area contributed by atoms with Crippen molar-refractivity contribution in [2.45, 2.75) is 37.9 Å². The van der Waals surface area contributed by atoms with Gasteiger partial charge < -0.3 is 15.4 Å². The maximum Gasteiger partial charge on any atom is 0.191 e. The first-order chi connectivity index (χ1) is 9.45. The summed E-state index contributed by atoms with van der Waals surface area (Å²) >= 11 is 0. The van der Waals surface area contributed by atoms with E-state index in [0.717, 1.165) is 19.5 Å². The second-order valence-corrected chi connectivity index (χ2v) is 7.60. The quantitative estimate of drug-likeness (QED) is 0.553. The number of nitrogens with one attached hydrogen (secondary N) is 2. The normalized spacial score (nSPS) is 19.6. The summed E-state index contributed by atoms with van der Waals surface area (Å²) in [6.45, 7) is 6.90. The molecule has 6 nitrogen and oxygen atoms in total. The smallest absolute Gasteiger partial charge is 0.191 e. The standard InChI is InChI=1S/C13H27N3O3S/c1-4-8-15-12(14-5-2)16-11-13(20(3,17)18)6-9-19-10-7-13/h4-11H2,1-3H3,(H2,14,15,16). The molecule has 1 heterocycles. The highest BCUT2D eigenvalue weighted by atomic mass is 32.2. The van der Waals surface area contributed by atoms with Crippen LogP contribution in [0.15, 0.2) is 4.99 Å². The molecule has 0 aliphatic carbocycles. The zero-order valence-electron chi connectivity index (χ0n) is 12.7. The van der Waals surface area contributed by atoms with E-state index < -0.39 is 14.6 Å². The first kappa shape index (κ1) is 17.2. The van der Waals surface area contributed by atoms with Crippen LogP contribution in [0.4, 0.5) is 0 Å². The van der Waals surface area contributed by atoms with Crippen LogP contribution >= 0.6 is 0 Å². The van der Waals surface area contributed by atoms with Crippen LogP contribution < -0.4 is 10.6 Å². The summed E-state index contributed by atoms with van der Waals surface area (Å²) in [6.07, 6.45) is 3.33. The lowest BCUT2D eigenvalue weighted by molar-refractivity contribution is 0.0768. The fraction of sp³-hybridized carbons (Fsp3) is 0.923. The molecule has 1 saturated heterocycles. The maximum atomic E-state index is 12.1. The van der Waals surface area contributed by atoms with E-state index in [-0.39, 0.29) is 6.54 Å². The predicted octanol–water partition coefficient (Wildman–Crippen LogP) is 0.545. The molecule has 1 aliphatic rings. The molecule has 0 radical (unpaired) electrons. The Hall–Kier alpha value is -0.820. The van der Waals surface area contributed by atoms with Gasteiger partial charge in [0.1, 0.15) is 0 Å². The molecule has 0 amide bonds. The van der Waals surface area contributed by atoms with Crippen LogP contribution in [0, 0.1) is 0 Å². The number of hydrogen-bond donors (Lipinski definition) is 2. The van der Waals surface area contributed by atoms with Crippen molar-refractivity contribution in [3.05, 3.63) is 0 Å². The van der Waals surface area contributed by atoms with Crippen molar-refractivity contribution in [2.75, 3.05) is 39.1 Å². The maximum absolute atomic E-state index is 12.1. The van der Waals surface area contributed by atoms with E-state index in [4.69, 9.17) is 4.74 Å². The van der Waals surface area contributed by atoms with Crippen molar-refractivity contribution in [2.24, 2.45) is 4.99 Å². The molecule has 0 aromatic carbocycles. The zero-order chi connectivity index (χ0) is 15.1. The number of ether oxygens (including phenoxy) is 1. The van der Waals surface area contributed by atoms with E-state index in [2.05, 4.69) is 22.5 Å². The third kappa shape index (κ3) is 4.63. The first-order valence-corrected chi connectivity index (χ1v) is 9.14. The Labute approximate surface area is 122 Å². The molecule has 0 saturated carbocycles. The first-order valence-electron chi connectivity index (χ1n) is 7.24. The Bertz CT molecular complexity index is 415. The molecule has 1 aliphatic heterocycles. The van der Waals surface area contributed by atoms with E-state index in [1.807, 2.05) is 6.92 Å². The highest BCUT2D eigenvalue weighted by molar-refractivity contribution is 7.92. The molecule has 0 aromatic heterocycles. The highest BCUT2D eigenvalue weighted by Crippen LogP contribution is 2.29. The molecular formula is C13H27N3O3S. The minimum absolute atomic E-state index is 0.286. The highest BCUT2D eigenvalue weighted by Gasteiger charge is 2.42. The number of nitrogens with zero attached hydrogens (tertiary/aromatic N) is 1. The monoisotopic (exact) mass is 305 g/mol. The summed E-state index contributed by atoms with van der Waals surface area (Å²) in [4.78, 5) is 4.47. The fourth-order valence-corrected chi connectivity index (χ4v) is 3.41. The van der Waals surface area contributed by atoms with Gasteiger partial charge in [-0.25, -0.2) is 8.42 Å². The van der Waals surface area contributed by atoms with E-state index >= 15 is 0 Å². The number of guanidine groups is 1. The lowest BCUT2D eigenvalue weighted by atomic mass is 9.99. The average Bonchev–Trinajstić information content (AvgIpc) is 2.42. The average molecular weight is 305 g/mol. The number of hydrogen-bond acceptors (Lipinski definition) is 4. The lowest BCUT2D eigenvalue weighted by Crippen LogP contribution is -2.47. The molecule has 118 valence electrons. The third-order valence-electron chi connectivity index (χ3n) is 3.60. The van der Waals surface area contributed by atoms with E-state index in [0.29, 0.717) is 32.0 Å². The van der Waals surface area contributed by atoms with Gasteiger partial charge in [-0.15, -0.1) is 0 Å². The second-order valence-electron chi connectivity index (χ2n) is 5.19. The van der Waals surface area contributed by atoms with Crippen LogP contribution in [0.25, 0.3) is 0 Å². The van der Waals surface area contributed by atoms with Gasteiger partial charge >= 0.3 is 0 Å². The van der Waals surface area contributed by atoms with Crippen molar-refractivity contribution in [3.63, 3.8) is 0 Å². The van der Waals surface area contributed by atoms with Crippen molar-refractivity contribution < 1.29 is 13.2 Å². The summed E-state index contributed by atoms with van der Waals surface area (Å²) in [5.74, 6) is 0.684. The van der Waals surface area contributed by atoms with Crippen molar-refractivity contribution >= 4 is 15.8 Å². The summed E-state index contributed by atoms with van der Waals surface area (Å²) in [5, 5.41) is 6.33. The van der Waals surface area contributed by atoms with Crippen LogP contribution in [0.2, 0.25) is 0 Å². The Morgan fingerprint density at radius 1 is 1.25 bits per heavy atom. The molecule has 0 spiro atoms. The van der Waals surface area contributed by atoms with E-state index in [1.54, 1.807) is 0 Å². The molecule has 0 atom stereocenters. The summed E-state index contributed by atoms with van der Waals surface area (Å²) in [5.41, 5.74) is 0. The van der Waals surface area contributed by atoms with Gasteiger partial charge in [0.2, 0.25) is 0 Å². The molecule has 0 bridgehead atoms. The molecule has 0 aromatic rings. The lowest BCUT2D eigenvalue weighted by Gasteiger charge is -2.34. The Morgan fingerprint density at radius 3 is 2.40 bits per heavy atom. The van der Waals surface area contributed by atoms with Crippen molar-refractivity contribution in [1.29, 1.82) is 0 Å². The van der Waals surface area contributed by atoms with Gasteiger partial charge in [-0.2, -0.15) is 0 Å². The Kier molecular flexibility index (Phi) is 6.75. The molecule has 0 unspecified atom stereocenters. The van der Waals surface area contributed by atoms with Gasteiger partial charge in [0.25, 0.3) is 0 Å². The predicted molar refractivity (Wildman–Crippen MR) is 81.9 cm³/mol. The molecule has 1 rings (SSSR count). The summed E-state index contributed by atoms with van der Waals surface area (Å²) in [7, 11) is -3.16.